The minimum absolute atomic E-state index is 0.295. The summed E-state index contributed by atoms with van der Waals surface area (Å²) in [5.41, 5.74) is 0.833. The van der Waals surface area contributed by atoms with Crippen molar-refractivity contribution in [3.63, 3.8) is 0 Å². The van der Waals surface area contributed by atoms with Crippen molar-refractivity contribution < 1.29 is 14.4 Å². The summed E-state index contributed by atoms with van der Waals surface area (Å²) in [6.45, 7) is 4.39. The van der Waals surface area contributed by atoms with Crippen molar-refractivity contribution >= 4 is 12.1 Å². The Morgan fingerprint density at radius 2 is 1.96 bits per heavy atom. The Hall–Kier alpha value is -1.85. The van der Waals surface area contributed by atoms with E-state index in [2.05, 4.69) is 19.2 Å². The van der Waals surface area contributed by atoms with Gasteiger partial charge in [-0.15, -0.1) is 0 Å². The van der Waals surface area contributed by atoms with E-state index in [0.29, 0.717) is 11.6 Å². The van der Waals surface area contributed by atoms with Gasteiger partial charge in [0.25, 0.3) is 0 Å². The number of carbonyl (C=O) groups excluding carboxylic acids is 1. The molecular weight excluding hydrogens is 316 g/mol. The first-order valence-electron chi connectivity index (χ1n) is 9.09. The lowest BCUT2D eigenvalue weighted by molar-refractivity contribution is -0.0736. The number of hydroxylamine groups is 2. The van der Waals surface area contributed by atoms with E-state index in [1.165, 1.54) is 25.0 Å². The van der Waals surface area contributed by atoms with Gasteiger partial charge in [0.05, 0.1) is 7.11 Å². The van der Waals surface area contributed by atoms with Gasteiger partial charge >= 0.3 is 6.03 Å². The molecule has 0 aromatic heterocycles. The molecule has 5 heteroatoms. The lowest BCUT2D eigenvalue weighted by Gasteiger charge is -2.32. The average molecular weight is 346 g/mol. The minimum Gasteiger partial charge on any atom is -0.353 e. The van der Waals surface area contributed by atoms with Gasteiger partial charge in [0.15, 0.2) is 5.72 Å². The van der Waals surface area contributed by atoms with E-state index < -0.39 is 5.72 Å². The predicted molar refractivity (Wildman–Crippen MR) is 99.5 cm³/mol. The maximum absolute atomic E-state index is 12.4. The van der Waals surface area contributed by atoms with E-state index in [-0.39, 0.29) is 6.03 Å². The van der Waals surface area contributed by atoms with Crippen LogP contribution in [0.2, 0.25) is 0 Å². The van der Waals surface area contributed by atoms with E-state index in [4.69, 9.17) is 9.57 Å². The average Bonchev–Trinajstić information content (AvgIpc) is 2.90. The number of urea groups is 1. The number of benzene rings is 1. The molecule has 2 amide bonds. The quantitative estimate of drug-likeness (QED) is 0.713. The highest BCUT2D eigenvalue weighted by Crippen LogP contribution is 2.37. The first-order chi connectivity index (χ1) is 12.1. The van der Waals surface area contributed by atoms with Crippen LogP contribution in [0.15, 0.2) is 36.0 Å². The van der Waals surface area contributed by atoms with Crippen molar-refractivity contribution in [3.8, 4) is 0 Å². The van der Waals surface area contributed by atoms with Gasteiger partial charge in [-0.1, -0.05) is 69.9 Å². The van der Waals surface area contributed by atoms with Crippen LogP contribution < -0.4 is 5.32 Å². The smallest absolute Gasteiger partial charge is 0.348 e. The molecule has 1 aliphatic heterocycles. The summed E-state index contributed by atoms with van der Waals surface area (Å²) in [6, 6.07) is 9.61. The van der Waals surface area contributed by atoms with Gasteiger partial charge in [0, 0.05) is 13.5 Å². The molecule has 0 spiro atoms. The highest BCUT2D eigenvalue weighted by atomic mass is 16.7. The minimum atomic E-state index is -0.864. The van der Waals surface area contributed by atoms with Gasteiger partial charge < -0.3 is 10.1 Å². The maximum Gasteiger partial charge on any atom is 0.348 e. The van der Waals surface area contributed by atoms with Gasteiger partial charge in [0.2, 0.25) is 0 Å². The number of unbranched alkanes of at least 4 members (excludes halogenated alkanes) is 1. The van der Waals surface area contributed by atoms with Crippen LogP contribution in [0.1, 0.15) is 51.5 Å². The SMILES string of the molecule is CCCCC(CC)CC1(OC)NC(=O)N(OC)C1=Cc1ccccc1. The van der Waals surface area contributed by atoms with Gasteiger partial charge in [-0.3, -0.25) is 4.84 Å². The monoisotopic (exact) mass is 346 g/mol. The third-order valence-electron chi connectivity index (χ3n) is 4.88. The van der Waals surface area contributed by atoms with Crippen LogP contribution in [-0.2, 0) is 9.57 Å². The standard InChI is InChI=1S/C20H30N2O3/c1-5-7-11-16(6-2)15-20(24-3)18(22(25-4)19(23)21-20)14-17-12-9-8-10-13-17/h8-10,12-14,16H,5-7,11,15H2,1-4H3,(H,21,23). The molecule has 1 fully saturated rings. The molecule has 1 heterocycles. The fraction of sp³-hybridized carbons (Fsp3) is 0.550. The Bertz CT molecular complexity index is 588. The van der Waals surface area contributed by atoms with E-state index >= 15 is 0 Å². The van der Waals surface area contributed by atoms with E-state index in [1.807, 2.05) is 36.4 Å². The lowest BCUT2D eigenvalue weighted by atomic mass is 9.88. The molecule has 0 radical (unpaired) electrons. The van der Waals surface area contributed by atoms with Crippen LogP contribution in [0.25, 0.3) is 6.08 Å². The third-order valence-corrected chi connectivity index (χ3v) is 4.88. The molecule has 0 bridgehead atoms. The van der Waals surface area contributed by atoms with Crippen molar-refractivity contribution in [2.75, 3.05) is 14.2 Å². The Balaban J connectivity index is 2.38. The molecule has 5 nitrogen and oxygen atoms in total. The Kier molecular flexibility index (Phi) is 7.02. The predicted octanol–water partition coefficient (Wildman–Crippen LogP) is 4.56. The number of methoxy groups -OCH3 is 1. The maximum atomic E-state index is 12.4. The number of rotatable bonds is 9. The van der Waals surface area contributed by atoms with E-state index in [0.717, 1.165) is 24.8 Å². The van der Waals surface area contributed by atoms with Gasteiger partial charge in [0.1, 0.15) is 5.70 Å². The largest absolute Gasteiger partial charge is 0.353 e. The first-order valence-corrected chi connectivity index (χ1v) is 9.09. The number of carbonyl (C=O) groups is 1. The number of nitrogens with zero attached hydrogens (tertiary/aromatic N) is 1. The molecule has 0 aliphatic carbocycles. The van der Waals surface area contributed by atoms with Gasteiger partial charge in [-0.05, 0) is 17.6 Å². The molecule has 1 N–H and O–H groups in total. The first kappa shape index (κ1) is 19.5. The van der Waals surface area contributed by atoms with Crippen LogP contribution in [-0.4, -0.2) is 31.0 Å². The lowest BCUT2D eigenvalue weighted by Crippen LogP contribution is -2.45. The zero-order valence-electron chi connectivity index (χ0n) is 15.7. The second-order valence-electron chi connectivity index (χ2n) is 6.50. The molecule has 138 valence electrons. The Labute approximate surface area is 150 Å². The fourth-order valence-electron chi connectivity index (χ4n) is 3.37. The molecule has 25 heavy (non-hydrogen) atoms. The molecule has 2 rings (SSSR count). The molecule has 1 aromatic carbocycles. The zero-order chi connectivity index (χ0) is 18.3. The number of hydrogen-bond acceptors (Lipinski definition) is 3. The van der Waals surface area contributed by atoms with Crippen LogP contribution in [0.5, 0.6) is 0 Å². The Morgan fingerprint density at radius 1 is 1.24 bits per heavy atom. The molecule has 2 atom stereocenters. The van der Waals surface area contributed by atoms with Crippen LogP contribution in [0, 0.1) is 5.92 Å². The third kappa shape index (κ3) is 4.41. The number of hydrogen-bond donors (Lipinski definition) is 1. The van der Waals surface area contributed by atoms with Crippen molar-refractivity contribution in [2.45, 2.75) is 51.7 Å². The summed E-state index contributed by atoms with van der Waals surface area (Å²) in [5.74, 6) is 0.469. The second-order valence-corrected chi connectivity index (χ2v) is 6.50. The normalized spacial score (nSPS) is 23.1. The van der Waals surface area contributed by atoms with E-state index in [9.17, 15) is 4.79 Å². The highest BCUT2D eigenvalue weighted by Gasteiger charge is 2.49. The number of amides is 2. The van der Waals surface area contributed by atoms with Crippen molar-refractivity contribution in [2.24, 2.45) is 5.92 Å². The highest BCUT2D eigenvalue weighted by molar-refractivity contribution is 5.82. The van der Waals surface area contributed by atoms with E-state index in [1.54, 1.807) is 7.11 Å². The number of ether oxygens (including phenoxy) is 1. The second kappa shape index (κ2) is 9.02. The number of nitrogens with one attached hydrogen (secondary N) is 1. The van der Waals surface area contributed by atoms with Crippen LogP contribution >= 0.6 is 0 Å². The summed E-state index contributed by atoms with van der Waals surface area (Å²) >= 11 is 0. The summed E-state index contributed by atoms with van der Waals surface area (Å²) in [6.07, 6.45) is 7.20. The summed E-state index contributed by atoms with van der Waals surface area (Å²) in [4.78, 5) is 17.8. The van der Waals surface area contributed by atoms with Crippen molar-refractivity contribution in [1.82, 2.24) is 10.4 Å². The summed E-state index contributed by atoms with van der Waals surface area (Å²) in [5, 5.41) is 4.30. The summed E-state index contributed by atoms with van der Waals surface area (Å²) in [7, 11) is 3.14. The molecular formula is C20H30N2O3. The zero-order valence-corrected chi connectivity index (χ0v) is 15.7. The fourth-order valence-corrected chi connectivity index (χ4v) is 3.37. The summed E-state index contributed by atoms with van der Waals surface area (Å²) < 4.78 is 5.88. The molecule has 0 saturated carbocycles. The molecule has 1 aromatic rings. The van der Waals surface area contributed by atoms with Crippen molar-refractivity contribution in [1.29, 1.82) is 0 Å². The van der Waals surface area contributed by atoms with Gasteiger partial charge in [-0.2, -0.15) is 5.06 Å². The molecule has 1 saturated heterocycles. The topological polar surface area (TPSA) is 50.8 Å². The van der Waals surface area contributed by atoms with Crippen LogP contribution in [0.4, 0.5) is 4.79 Å². The molecule has 2 unspecified atom stereocenters. The van der Waals surface area contributed by atoms with Crippen LogP contribution in [0.3, 0.4) is 0 Å². The Morgan fingerprint density at radius 3 is 2.52 bits per heavy atom. The molecule has 1 aliphatic rings. The van der Waals surface area contributed by atoms with Gasteiger partial charge in [-0.25, -0.2) is 4.79 Å². The van der Waals surface area contributed by atoms with Crippen molar-refractivity contribution in [3.05, 3.63) is 41.6 Å².